The highest BCUT2D eigenvalue weighted by Gasteiger charge is 2.31. The lowest BCUT2D eigenvalue weighted by atomic mass is 9.79. The first-order valence-corrected chi connectivity index (χ1v) is 31.4. The summed E-state index contributed by atoms with van der Waals surface area (Å²) in [5.74, 6) is 9.57. The molecule has 9 rings (SSSR count). The third-order valence-corrected chi connectivity index (χ3v) is 19.5. The predicted molar refractivity (Wildman–Crippen MR) is 308 cm³/mol. The Morgan fingerprint density at radius 2 is 0.627 bits per heavy atom. The van der Waals surface area contributed by atoms with Crippen molar-refractivity contribution in [3.63, 3.8) is 0 Å². The summed E-state index contributed by atoms with van der Waals surface area (Å²) in [5, 5.41) is 0. The van der Waals surface area contributed by atoms with Crippen molar-refractivity contribution in [2.45, 2.75) is 252 Å². The van der Waals surface area contributed by atoms with Crippen LogP contribution in [-0.4, -0.2) is 17.9 Å². The highest BCUT2D eigenvalue weighted by Crippen LogP contribution is 2.40. The summed E-state index contributed by atoms with van der Waals surface area (Å²) in [6.07, 6.45) is 36.6. The lowest BCUT2D eigenvalue weighted by Crippen LogP contribution is -2.25. The van der Waals surface area contributed by atoms with Crippen LogP contribution in [0.2, 0.25) is 0 Å². The number of carbonyl (C=O) groups excluding carboxylic acids is 3. The highest BCUT2D eigenvalue weighted by atomic mass is 16.5. The van der Waals surface area contributed by atoms with Gasteiger partial charge in [0, 0.05) is 0 Å². The second kappa shape index (κ2) is 30.9. The van der Waals surface area contributed by atoms with Gasteiger partial charge in [-0.25, -0.2) is 0 Å². The molecule has 0 heterocycles. The van der Waals surface area contributed by atoms with Crippen LogP contribution in [0.4, 0.5) is 0 Å². The molecule has 0 atom stereocenters. The summed E-state index contributed by atoms with van der Waals surface area (Å²) < 4.78 is 17.0. The normalized spacial score (nSPS) is 30.0. The second-order valence-electron chi connectivity index (χ2n) is 25.3. The topological polar surface area (TPSA) is 78.9 Å². The highest BCUT2D eigenvalue weighted by molar-refractivity contribution is 5.76. The molecule has 3 aromatic carbocycles. The number of rotatable bonds is 15. The zero-order valence-corrected chi connectivity index (χ0v) is 48.0. The molecule has 0 spiro atoms. The minimum absolute atomic E-state index is 0.0156. The number of hydrogen-bond donors (Lipinski definition) is 0. The van der Waals surface area contributed by atoms with Crippen molar-refractivity contribution in [1.29, 1.82) is 0 Å². The Kier molecular flexibility index (Phi) is 24.2. The van der Waals surface area contributed by atoms with Crippen LogP contribution in [0.15, 0.2) is 72.8 Å². The van der Waals surface area contributed by atoms with Crippen LogP contribution in [-0.2, 0) is 14.4 Å². The Hall–Kier alpha value is -3.93. The van der Waals surface area contributed by atoms with Crippen molar-refractivity contribution in [3.8, 4) is 17.2 Å². The van der Waals surface area contributed by atoms with E-state index >= 15 is 0 Å². The number of hydrogen-bond acceptors (Lipinski definition) is 6. The lowest BCUT2D eigenvalue weighted by Gasteiger charge is -2.27. The summed E-state index contributed by atoms with van der Waals surface area (Å²) in [6.45, 7) is 13.8. The molecule has 6 fully saturated rings. The first-order valence-electron chi connectivity index (χ1n) is 31.4. The minimum Gasteiger partial charge on any atom is -0.426 e. The van der Waals surface area contributed by atoms with Crippen LogP contribution in [0.1, 0.15) is 269 Å². The van der Waals surface area contributed by atoms with E-state index in [1.54, 1.807) is 0 Å². The van der Waals surface area contributed by atoms with E-state index in [1.807, 2.05) is 36.4 Å². The van der Waals surface area contributed by atoms with Gasteiger partial charge in [0.05, 0.1) is 17.8 Å². The van der Waals surface area contributed by atoms with Gasteiger partial charge >= 0.3 is 17.9 Å². The molecular formula is C69H102O6. The van der Waals surface area contributed by atoms with Crippen LogP contribution >= 0.6 is 0 Å². The third kappa shape index (κ3) is 18.9. The second-order valence-corrected chi connectivity index (χ2v) is 25.3. The van der Waals surface area contributed by atoms with Gasteiger partial charge in [-0.3, -0.25) is 14.4 Å². The molecule has 0 radical (unpaired) electrons. The van der Waals surface area contributed by atoms with Crippen LogP contribution in [0, 0.1) is 53.3 Å². The van der Waals surface area contributed by atoms with E-state index in [0.717, 1.165) is 79.8 Å². The molecule has 0 aliphatic heterocycles. The van der Waals surface area contributed by atoms with Crippen molar-refractivity contribution in [2.24, 2.45) is 53.3 Å². The first kappa shape index (κ1) is 58.7. The number of carbonyl (C=O) groups is 3. The Morgan fingerprint density at radius 1 is 0.347 bits per heavy atom. The van der Waals surface area contributed by atoms with Crippen LogP contribution < -0.4 is 14.2 Å². The van der Waals surface area contributed by atoms with Crippen LogP contribution in [0.3, 0.4) is 0 Å². The van der Waals surface area contributed by atoms with Gasteiger partial charge in [-0.15, -0.1) is 0 Å². The monoisotopic (exact) mass is 1030 g/mol. The van der Waals surface area contributed by atoms with Gasteiger partial charge in [0.2, 0.25) is 0 Å². The Balaban J connectivity index is 0.000000164. The molecule has 6 nitrogen and oxygen atoms in total. The maximum atomic E-state index is 12.5. The number of ether oxygens (including phenoxy) is 3. The first-order chi connectivity index (χ1) is 36.5. The molecule has 0 unspecified atom stereocenters. The Labute approximate surface area is 456 Å². The fourth-order valence-corrected chi connectivity index (χ4v) is 13.9. The molecule has 0 bridgehead atoms. The van der Waals surface area contributed by atoms with Gasteiger partial charge in [-0.1, -0.05) is 155 Å². The summed E-state index contributed by atoms with van der Waals surface area (Å²) in [6, 6.07) is 25.0. The summed E-state index contributed by atoms with van der Waals surface area (Å²) >= 11 is 0. The molecule has 75 heavy (non-hydrogen) atoms. The molecule has 0 amide bonds. The summed E-state index contributed by atoms with van der Waals surface area (Å²) in [5.41, 5.74) is 4.23. The zero-order valence-electron chi connectivity index (χ0n) is 48.0. The predicted octanol–water partition coefficient (Wildman–Crippen LogP) is 19.5. The molecular weight excluding hydrogens is 925 g/mol. The number of esters is 3. The zero-order chi connectivity index (χ0) is 52.9. The molecule has 6 aliphatic carbocycles. The molecule has 0 aromatic heterocycles. The van der Waals surface area contributed by atoms with Crippen LogP contribution in [0.5, 0.6) is 17.2 Å². The molecule has 0 saturated heterocycles. The van der Waals surface area contributed by atoms with Gasteiger partial charge in [-0.05, 0) is 222 Å². The van der Waals surface area contributed by atoms with E-state index in [-0.39, 0.29) is 35.7 Å². The molecule has 6 heteroatoms. The van der Waals surface area contributed by atoms with Gasteiger partial charge in [0.25, 0.3) is 0 Å². The van der Waals surface area contributed by atoms with Gasteiger partial charge in [-0.2, -0.15) is 0 Å². The van der Waals surface area contributed by atoms with E-state index in [1.165, 1.54) is 171 Å². The lowest BCUT2D eigenvalue weighted by molar-refractivity contribution is -0.141. The SMILES string of the molecule is CCC1CCC(C(=O)Oc2ccc(C3CCC(C)CC3)cc2)CC1.CCCC1CCC(C(=O)Oc2ccc(C3CCC(C)CC3)cc2)CC1.CCCCC1CCC(C(=O)Oc2ccc(C3CCC(C)CC3)cc2)CC1. The molecule has 414 valence electrons. The Morgan fingerprint density at radius 3 is 0.893 bits per heavy atom. The summed E-state index contributed by atoms with van der Waals surface area (Å²) in [7, 11) is 0. The average Bonchev–Trinajstić information content (AvgIpc) is 3.44. The van der Waals surface area contributed by atoms with Gasteiger partial charge < -0.3 is 14.2 Å². The quantitative estimate of drug-likeness (QED) is 0.111. The molecule has 3 aromatic rings. The van der Waals surface area contributed by atoms with Crippen LogP contribution in [0.25, 0.3) is 0 Å². The van der Waals surface area contributed by atoms with E-state index < -0.39 is 0 Å². The third-order valence-electron chi connectivity index (χ3n) is 19.5. The van der Waals surface area contributed by atoms with Crippen molar-refractivity contribution >= 4 is 17.9 Å². The largest absolute Gasteiger partial charge is 0.426 e. The molecule has 6 saturated carbocycles. The molecule has 6 aliphatic rings. The van der Waals surface area contributed by atoms with Gasteiger partial charge in [0.15, 0.2) is 0 Å². The smallest absolute Gasteiger partial charge is 0.314 e. The standard InChI is InChI=1S/C24H36O2.C23H34O2.C22H32O2/c1-3-4-5-19-8-12-22(13-9-19)24(25)26-23-16-14-21(15-17-23)20-10-6-18(2)7-11-20;1-3-4-18-7-11-21(12-8-18)23(24)25-22-15-13-20(14-16-22)19-9-5-17(2)6-10-19;1-3-17-6-10-20(11-7-17)22(23)24-21-14-12-19(13-15-21)18-8-4-16(2)5-9-18/h14-20,22H,3-13H2,1-2H3;13-19,21H,3-12H2,1-2H3;12-18,20H,3-11H2,1-2H3. The fourth-order valence-electron chi connectivity index (χ4n) is 13.9. The maximum absolute atomic E-state index is 12.5. The van der Waals surface area contributed by atoms with Crippen molar-refractivity contribution in [3.05, 3.63) is 89.5 Å². The number of benzene rings is 3. The van der Waals surface area contributed by atoms with E-state index in [9.17, 15) is 14.4 Å². The van der Waals surface area contributed by atoms with Crippen molar-refractivity contribution < 1.29 is 28.6 Å². The average molecular weight is 1030 g/mol. The fraction of sp³-hybridized carbons (Fsp3) is 0.696. The maximum Gasteiger partial charge on any atom is 0.314 e. The van der Waals surface area contributed by atoms with Gasteiger partial charge in [0.1, 0.15) is 17.2 Å². The van der Waals surface area contributed by atoms with Crippen molar-refractivity contribution in [2.75, 3.05) is 0 Å². The number of unbranched alkanes of at least 4 members (excludes halogenated alkanes) is 1. The van der Waals surface area contributed by atoms with Crippen molar-refractivity contribution in [1.82, 2.24) is 0 Å². The molecule has 0 N–H and O–H groups in total. The van der Waals surface area contributed by atoms with E-state index in [4.69, 9.17) is 14.2 Å². The summed E-state index contributed by atoms with van der Waals surface area (Å²) in [4.78, 5) is 37.3. The Bertz CT molecular complexity index is 2080. The van der Waals surface area contributed by atoms with E-state index in [0.29, 0.717) is 29.3 Å². The minimum atomic E-state index is -0.0243. The van der Waals surface area contributed by atoms with E-state index in [2.05, 4.69) is 77.9 Å².